The first-order chi connectivity index (χ1) is 10.8. The van der Waals surface area contributed by atoms with Crippen molar-refractivity contribution < 1.29 is 13.9 Å². The van der Waals surface area contributed by atoms with Crippen LogP contribution < -0.4 is 10.6 Å². The molecule has 0 heterocycles. The summed E-state index contributed by atoms with van der Waals surface area (Å²) < 4.78 is 18.3. The number of hydrogen-bond acceptors (Lipinski definition) is 3. The van der Waals surface area contributed by atoms with E-state index in [2.05, 4.69) is 10.6 Å². The summed E-state index contributed by atoms with van der Waals surface area (Å²) in [6.45, 7) is 7.00. The lowest BCUT2D eigenvalue weighted by Crippen LogP contribution is -2.41. The van der Waals surface area contributed by atoms with E-state index in [1.54, 1.807) is 12.1 Å². The first kappa shape index (κ1) is 17.7. The van der Waals surface area contributed by atoms with Crippen LogP contribution in [0.5, 0.6) is 0 Å². The molecule has 1 aliphatic carbocycles. The molecule has 1 aromatic rings. The summed E-state index contributed by atoms with van der Waals surface area (Å²) in [5.41, 5.74) is 0.634. The lowest BCUT2D eigenvalue weighted by molar-refractivity contribution is 0.0527. The van der Waals surface area contributed by atoms with Gasteiger partial charge in [-0.2, -0.15) is 0 Å². The molecule has 0 aliphatic heterocycles. The number of nitrogens with one attached hydrogen (secondary N) is 2. The van der Waals surface area contributed by atoms with Crippen molar-refractivity contribution in [2.75, 3.05) is 13.1 Å². The van der Waals surface area contributed by atoms with E-state index in [4.69, 9.17) is 4.74 Å². The fraction of sp³-hybridized carbons (Fsp3) is 0.611. The summed E-state index contributed by atoms with van der Waals surface area (Å²) in [6, 6.07) is 7.37. The Morgan fingerprint density at radius 1 is 1.30 bits per heavy atom. The Bertz CT molecular complexity index is 522. The smallest absolute Gasteiger partial charge is 0.407 e. The zero-order valence-corrected chi connectivity index (χ0v) is 14.2. The summed E-state index contributed by atoms with van der Waals surface area (Å²) in [5.74, 6) is 0.301. The highest BCUT2D eigenvalue weighted by atomic mass is 19.1. The van der Waals surface area contributed by atoms with Gasteiger partial charge in [0, 0.05) is 12.6 Å². The fourth-order valence-corrected chi connectivity index (χ4v) is 2.72. The topological polar surface area (TPSA) is 50.4 Å². The maximum atomic E-state index is 13.2. The Hall–Kier alpha value is -1.62. The highest BCUT2D eigenvalue weighted by Gasteiger charge is 2.29. The maximum absolute atomic E-state index is 13.2. The summed E-state index contributed by atoms with van der Waals surface area (Å²) >= 11 is 0. The molecule has 1 amide bonds. The van der Waals surface area contributed by atoms with Crippen LogP contribution in [0.1, 0.15) is 51.5 Å². The molecule has 0 spiro atoms. The van der Waals surface area contributed by atoms with Gasteiger partial charge in [-0.1, -0.05) is 12.1 Å². The molecule has 0 atom stereocenters. The number of benzene rings is 1. The molecule has 128 valence electrons. The number of ether oxygens (including phenoxy) is 1. The lowest BCUT2D eigenvalue weighted by atomic mass is 9.76. The Labute approximate surface area is 137 Å². The summed E-state index contributed by atoms with van der Waals surface area (Å²) in [5, 5.41) is 6.22. The third-order valence-electron chi connectivity index (χ3n) is 3.91. The van der Waals surface area contributed by atoms with Gasteiger partial charge in [-0.25, -0.2) is 9.18 Å². The van der Waals surface area contributed by atoms with E-state index in [0.717, 1.165) is 31.4 Å². The van der Waals surface area contributed by atoms with E-state index in [9.17, 15) is 9.18 Å². The number of alkyl carbamates (subject to hydrolysis) is 1. The quantitative estimate of drug-likeness (QED) is 0.787. The minimum atomic E-state index is -0.458. The average molecular weight is 322 g/mol. The van der Waals surface area contributed by atoms with Crippen LogP contribution in [0, 0.1) is 5.82 Å². The Balaban J connectivity index is 1.53. The molecule has 1 aromatic carbocycles. The van der Waals surface area contributed by atoms with E-state index in [-0.39, 0.29) is 11.9 Å². The first-order valence-corrected chi connectivity index (χ1v) is 8.29. The monoisotopic (exact) mass is 322 g/mol. The molecule has 0 saturated heterocycles. The molecule has 0 aromatic heterocycles. The predicted octanol–water partition coefficient (Wildman–Crippen LogP) is 3.58. The second-order valence-electron chi connectivity index (χ2n) is 7.16. The first-order valence-electron chi connectivity index (χ1n) is 8.29. The van der Waals surface area contributed by atoms with Gasteiger partial charge in [-0.15, -0.1) is 0 Å². The molecular formula is C18H27FN2O2. The second-order valence-corrected chi connectivity index (χ2v) is 7.16. The van der Waals surface area contributed by atoms with Gasteiger partial charge in [0.2, 0.25) is 0 Å². The second kappa shape index (κ2) is 7.77. The van der Waals surface area contributed by atoms with Crippen LogP contribution in [-0.4, -0.2) is 30.8 Å². The van der Waals surface area contributed by atoms with Crippen molar-refractivity contribution in [1.82, 2.24) is 10.6 Å². The van der Waals surface area contributed by atoms with Gasteiger partial charge < -0.3 is 15.4 Å². The molecule has 1 aliphatic rings. The third kappa shape index (κ3) is 6.18. The van der Waals surface area contributed by atoms with E-state index in [1.165, 1.54) is 6.07 Å². The molecule has 2 rings (SSSR count). The molecule has 0 radical (unpaired) electrons. The van der Waals surface area contributed by atoms with Gasteiger partial charge >= 0.3 is 6.09 Å². The molecular weight excluding hydrogens is 295 g/mol. The van der Waals surface area contributed by atoms with E-state index < -0.39 is 5.60 Å². The van der Waals surface area contributed by atoms with Gasteiger partial charge in [0.15, 0.2) is 0 Å². The zero-order chi connectivity index (χ0) is 16.9. The van der Waals surface area contributed by atoms with Crippen molar-refractivity contribution in [3.63, 3.8) is 0 Å². The van der Waals surface area contributed by atoms with Crippen LogP contribution in [0.25, 0.3) is 0 Å². The van der Waals surface area contributed by atoms with E-state index in [1.807, 2.05) is 26.8 Å². The number of rotatable bonds is 6. The average Bonchev–Trinajstić information content (AvgIpc) is 2.38. The number of halogens is 1. The standard InChI is InChI=1S/C18H27FN2O2/c1-18(2,3)23-17(22)21-9-5-8-20-16-11-14(12-16)13-6-4-7-15(19)10-13/h4,6-7,10,14,16,20H,5,8-9,11-12H2,1-3H3,(H,21,22). The Kier molecular flexibility index (Phi) is 5.99. The summed E-state index contributed by atoms with van der Waals surface area (Å²) in [4.78, 5) is 11.5. The molecule has 2 N–H and O–H groups in total. The largest absolute Gasteiger partial charge is 0.444 e. The van der Waals surface area contributed by atoms with Crippen LogP contribution in [0.15, 0.2) is 24.3 Å². The van der Waals surface area contributed by atoms with Gasteiger partial charge in [0.1, 0.15) is 11.4 Å². The highest BCUT2D eigenvalue weighted by molar-refractivity contribution is 5.67. The van der Waals surface area contributed by atoms with Crippen LogP contribution in [-0.2, 0) is 4.74 Å². The van der Waals surface area contributed by atoms with Gasteiger partial charge in [0.05, 0.1) is 0 Å². The molecule has 1 saturated carbocycles. The molecule has 4 nitrogen and oxygen atoms in total. The maximum Gasteiger partial charge on any atom is 0.407 e. The van der Waals surface area contributed by atoms with Crippen molar-refractivity contribution in [2.45, 2.75) is 57.6 Å². The summed E-state index contributed by atoms with van der Waals surface area (Å²) in [6.07, 6.45) is 2.58. The summed E-state index contributed by atoms with van der Waals surface area (Å²) in [7, 11) is 0. The Morgan fingerprint density at radius 3 is 2.70 bits per heavy atom. The normalized spacial score (nSPS) is 20.7. The van der Waals surface area contributed by atoms with Crippen LogP contribution in [0.2, 0.25) is 0 Å². The number of hydrogen-bond donors (Lipinski definition) is 2. The molecule has 1 fully saturated rings. The van der Waals surface area contributed by atoms with E-state index in [0.29, 0.717) is 18.5 Å². The van der Waals surface area contributed by atoms with Crippen LogP contribution in [0.3, 0.4) is 0 Å². The number of amides is 1. The van der Waals surface area contributed by atoms with Crippen molar-refractivity contribution in [3.8, 4) is 0 Å². The van der Waals surface area contributed by atoms with Crippen molar-refractivity contribution in [3.05, 3.63) is 35.6 Å². The van der Waals surface area contributed by atoms with Gasteiger partial charge in [-0.05, 0) is 70.2 Å². The molecule has 5 heteroatoms. The fourth-order valence-electron chi connectivity index (χ4n) is 2.72. The lowest BCUT2D eigenvalue weighted by Gasteiger charge is -2.36. The molecule has 0 unspecified atom stereocenters. The zero-order valence-electron chi connectivity index (χ0n) is 14.2. The van der Waals surface area contributed by atoms with Crippen molar-refractivity contribution in [1.29, 1.82) is 0 Å². The van der Waals surface area contributed by atoms with Crippen molar-refractivity contribution in [2.24, 2.45) is 0 Å². The van der Waals surface area contributed by atoms with Gasteiger partial charge in [0.25, 0.3) is 0 Å². The highest BCUT2D eigenvalue weighted by Crippen LogP contribution is 2.36. The third-order valence-corrected chi connectivity index (χ3v) is 3.91. The predicted molar refractivity (Wildman–Crippen MR) is 89.0 cm³/mol. The number of carbonyl (C=O) groups excluding carboxylic acids is 1. The van der Waals surface area contributed by atoms with Gasteiger partial charge in [-0.3, -0.25) is 0 Å². The van der Waals surface area contributed by atoms with E-state index >= 15 is 0 Å². The number of carbonyl (C=O) groups is 1. The molecule has 23 heavy (non-hydrogen) atoms. The SMILES string of the molecule is CC(C)(C)OC(=O)NCCCNC1CC(c2cccc(F)c2)C1. The Morgan fingerprint density at radius 2 is 2.04 bits per heavy atom. The van der Waals surface area contributed by atoms with Crippen LogP contribution >= 0.6 is 0 Å². The molecule has 0 bridgehead atoms. The van der Waals surface area contributed by atoms with Crippen molar-refractivity contribution >= 4 is 6.09 Å². The minimum absolute atomic E-state index is 0.160. The minimum Gasteiger partial charge on any atom is -0.444 e. The van der Waals surface area contributed by atoms with Crippen LogP contribution in [0.4, 0.5) is 9.18 Å².